The predicted molar refractivity (Wildman–Crippen MR) is 67.2 cm³/mol. The molecule has 1 aromatic heterocycles. The van der Waals surface area contributed by atoms with Crippen LogP contribution in [0.5, 0.6) is 0 Å². The second-order valence-corrected chi connectivity index (χ2v) is 4.36. The van der Waals surface area contributed by atoms with E-state index in [-0.39, 0.29) is 6.04 Å². The van der Waals surface area contributed by atoms with Crippen molar-refractivity contribution in [1.82, 2.24) is 4.57 Å². The number of fused-ring (bicyclic) bond motifs is 1. The van der Waals surface area contributed by atoms with Crippen LogP contribution in [0.25, 0.3) is 10.9 Å². The fraction of sp³-hybridized carbons (Fsp3) is 0.308. The van der Waals surface area contributed by atoms with Gasteiger partial charge in [0.05, 0.1) is 5.56 Å². The summed E-state index contributed by atoms with van der Waals surface area (Å²) >= 11 is 0. The lowest BCUT2D eigenvalue weighted by Gasteiger charge is -2.09. The number of hydrogen-bond donors (Lipinski definition) is 2. The quantitative estimate of drug-likeness (QED) is 0.853. The Kier molecular flexibility index (Phi) is 2.90. The number of aromatic carboxylic acids is 1. The third-order valence-electron chi connectivity index (χ3n) is 2.94. The van der Waals surface area contributed by atoms with Gasteiger partial charge in [0.2, 0.25) is 0 Å². The van der Waals surface area contributed by atoms with Crippen molar-refractivity contribution in [2.24, 2.45) is 5.73 Å². The summed E-state index contributed by atoms with van der Waals surface area (Å²) < 4.78 is 2.06. The Hall–Kier alpha value is -1.81. The molecule has 0 radical (unpaired) electrons. The van der Waals surface area contributed by atoms with Crippen molar-refractivity contribution in [2.75, 3.05) is 0 Å². The third kappa shape index (κ3) is 1.80. The molecule has 17 heavy (non-hydrogen) atoms. The maximum Gasteiger partial charge on any atom is 0.336 e. The van der Waals surface area contributed by atoms with Gasteiger partial charge >= 0.3 is 5.97 Å². The van der Waals surface area contributed by atoms with E-state index >= 15 is 0 Å². The van der Waals surface area contributed by atoms with E-state index in [9.17, 15) is 9.90 Å². The molecule has 0 unspecified atom stereocenters. The molecule has 0 fully saturated rings. The standard InChI is InChI=1S/C13H16N2O2/c1-8(2)15-7-9(6-14)12-10(13(16)17)4-3-5-11(12)15/h3-5,7-8H,6,14H2,1-2H3,(H,16,17). The second-order valence-electron chi connectivity index (χ2n) is 4.36. The maximum absolute atomic E-state index is 11.2. The number of carboxylic acid groups (broad SMARTS) is 1. The van der Waals surface area contributed by atoms with Gasteiger partial charge in [0, 0.05) is 29.7 Å². The van der Waals surface area contributed by atoms with E-state index in [1.807, 2.05) is 12.3 Å². The van der Waals surface area contributed by atoms with Gasteiger partial charge in [-0.1, -0.05) is 6.07 Å². The van der Waals surface area contributed by atoms with Gasteiger partial charge in [-0.15, -0.1) is 0 Å². The van der Waals surface area contributed by atoms with Gasteiger partial charge in [-0.2, -0.15) is 0 Å². The van der Waals surface area contributed by atoms with E-state index in [0.717, 1.165) is 16.5 Å². The molecule has 0 aliphatic carbocycles. The van der Waals surface area contributed by atoms with Crippen LogP contribution in [0.15, 0.2) is 24.4 Å². The lowest BCUT2D eigenvalue weighted by atomic mass is 10.1. The number of aromatic nitrogens is 1. The lowest BCUT2D eigenvalue weighted by molar-refractivity contribution is 0.0699. The first-order chi connectivity index (χ1) is 8.06. The van der Waals surface area contributed by atoms with Crippen LogP contribution >= 0.6 is 0 Å². The van der Waals surface area contributed by atoms with Crippen LogP contribution < -0.4 is 5.73 Å². The Morgan fingerprint density at radius 2 is 2.18 bits per heavy atom. The van der Waals surface area contributed by atoms with Crippen molar-refractivity contribution >= 4 is 16.9 Å². The molecule has 0 aliphatic heterocycles. The van der Waals surface area contributed by atoms with Gasteiger partial charge in [-0.3, -0.25) is 0 Å². The summed E-state index contributed by atoms with van der Waals surface area (Å²) in [6.45, 7) is 4.47. The zero-order chi connectivity index (χ0) is 12.6. The smallest absolute Gasteiger partial charge is 0.336 e. The molecule has 90 valence electrons. The zero-order valence-corrected chi connectivity index (χ0v) is 9.97. The van der Waals surface area contributed by atoms with Crippen molar-refractivity contribution in [3.63, 3.8) is 0 Å². The number of carbonyl (C=O) groups is 1. The average Bonchev–Trinajstić information content (AvgIpc) is 2.67. The number of carboxylic acids is 1. The monoisotopic (exact) mass is 232 g/mol. The molecule has 1 aromatic carbocycles. The van der Waals surface area contributed by atoms with E-state index in [1.165, 1.54) is 0 Å². The van der Waals surface area contributed by atoms with E-state index < -0.39 is 5.97 Å². The third-order valence-corrected chi connectivity index (χ3v) is 2.94. The summed E-state index contributed by atoms with van der Waals surface area (Å²) in [7, 11) is 0. The summed E-state index contributed by atoms with van der Waals surface area (Å²) in [5.74, 6) is -0.910. The highest BCUT2D eigenvalue weighted by Gasteiger charge is 2.16. The molecule has 0 aliphatic rings. The van der Waals surface area contributed by atoms with Crippen LogP contribution in [0.3, 0.4) is 0 Å². The topological polar surface area (TPSA) is 68.2 Å². The Bertz CT molecular complexity index is 570. The van der Waals surface area contributed by atoms with Crippen LogP contribution in [0.4, 0.5) is 0 Å². The molecular weight excluding hydrogens is 216 g/mol. The molecule has 1 heterocycles. The van der Waals surface area contributed by atoms with Gasteiger partial charge in [0.25, 0.3) is 0 Å². The number of hydrogen-bond acceptors (Lipinski definition) is 2. The Morgan fingerprint density at radius 3 is 2.71 bits per heavy atom. The highest BCUT2D eigenvalue weighted by molar-refractivity contribution is 6.04. The molecule has 0 saturated heterocycles. The van der Waals surface area contributed by atoms with Crippen molar-refractivity contribution in [3.8, 4) is 0 Å². The largest absolute Gasteiger partial charge is 0.478 e. The van der Waals surface area contributed by atoms with Gasteiger partial charge in [0.1, 0.15) is 0 Å². The molecule has 2 aromatic rings. The minimum Gasteiger partial charge on any atom is -0.478 e. The van der Waals surface area contributed by atoms with E-state index in [4.69, 9.17) is 5.73 Å². The maximum atomic E-state index is 11.2. The minimum atomic E-state index is -0.910. The molecule has 2 rings (SSSR count). The summed E-state index contributed by atoms with van der Waals surface area (Å²) in [5, 5.41) is 9.96. The molecule has 0 bridgehead atoms. The van der Waals surface area contributed by atoms with Crippen LogP contribution in [-0.4, -0.2) is 15.6 Å². The summed E-state index contributed by atoms with van der Waals surface area (Å²) in [4.78, 5) is 11.2. The molecule has 0 saturated carbocycles. The van der Waals surface area contributed by atoms with Crippen LogP contribution in [0, 0.1) is 0 Å². The van der Waals surface area contributed by atoms with Crippen molar-refractivity contribution < 1.29 is 9.90 Å². The van der Waals surface area contributed by atoms with Crippen molar-refractivity contribution in [1.29, 1.82) is 0 Å². The predicted octanol–water partition coefficient (Wildman–Crippen LogP) is 2.38. The molecule has 3 N–H and O–H groups in total. The fourth-order valence-corrected chi connectivity index (χ4v) is 2.15. The SMILES string of the molecule is CC(C)n1cc(CN)c2c(C(=O)O)cccc21. The molecule has 4 heteroatoms. The van der Waals surface area contributed by atoms with Gasteiger partial charge in [0.15, 0.2) is 0 Å². The van der Waals surface area contributed by atoms with Crippen LogP contribution in [0.1, 0.15) is 35.8 Å². The number of nitrogens with two attached hydrogens (primary N) is 1. The zero-order valence-electron chi connectivity index (χ0n) is 9.97. The highest BCUT2D eigenvalue weighted by Crippen LogP contribution is 2.27. The van der Waals surface area contributed by atoms with E-state index in [1.54, 1.807) is 12.1 Å². The van der Waals surface area contributed by atoms with Gasteiger partial charge in [-0.25, -0.2) is 4.79 Å². The second kappa shape index (κ2) is 4.22. The van der Waals surface area contributed by atoms with Crippen molar-refractivity contribution in [2.45, 2.75) is 26.4 Å². The summed E-state index contributed by atoms with van der Waals surface area (Å²) in [6.07, 6.45) is 1.95. The molecular formula is C13H16N2O2. The Morgan fingerprint density at radius 1 is 1.47 bits per heavy atom. The summed E-state index contributed by atoms with van der Waals surface area (Å²) in [6, 6.07) is 5.60. The van der Waals surface area contributed by atoms with Crippen LogP contribution in [0.2, 0.25) is 0 Å². The number of nitrogens with zero attached hydrogens (tertiary/aromatic N) is 1. The van der Waals surface area contributed by atoms with Crippen LogP contribution in [-0.2, 0) is 6.54 Å². The Labute approximate surface area is 99.7 Å². The molecule has 0 atom stereocenters. The minimum absolute atomic E-state index is 0.279. The van der Waals surface area contributed by atoms with E-state index in [2.05, 4.69) is 18.4 Å². The first-order valence-corrected chi connectivity index (χ1v) is 5.62. The van der Waals surface area contributed by atoms with Gasteiger partial charge in [-0.05, 0) is 31.5 Å². The number of benzene rings is 1. The van der Waals surface area contributed by atoms with E-state index in [0.29, 0.717) is 12.1 Å². The normalized spacial score (nSPS) is 11.3. The lowest BCUT2D eigenvalue weighted by Crippen LogP contribution is -2.01. The summed E-state index contributed by atoms with van der Waals surface area (Å²) in [5.41, 5.74) is 7.83. The fourth-order valence-electron chi connectivity index (χ4n) is 2.15. The first-order valence-electron chi connectivity index (χ1n) is 5.62. The Balaban J connectivity index is 2.84. The first kappa shape index (κ1) is 11.7. The highest BCUT2D eigenvalue weighted by atomic mass is 16.4. The molecule has 0 amide bonds. The average molecular weight is 232 g/mol. The molecule has 0 spiro atoms. The van der Waals surface area contributed by atoms with Crippen molar-refractivity contribution in [3.05, 3.63) is 35.5 Å². The number of rotatable bonds is 3. The van der Waals surface area contributed by atoms with Gasteiger partial charge < -0.3 is 15.4 Å². The molecule has 4 nitrogen and oxygen atoms in total.